The van der Waals surface area contributed by atoms with Crippen molar-refractivity contribution in [1.82, 2.24) is 24.9 Å². The smallest absolute Gasteiger partial charge is 0.422 e. The van der Waals surface area contributed by atoms with E-state index in [9.17, 15) is 0 Å². The molecule has 6 rings (SSSR count). The molecular formula is C33H34F4N6O. The quantitative estimate of drug-likeness (QED) is 0.202. The lowest BCUT2D eigenvalue weighted by Crippen LogP contribution is -2.50. The average molecular weight is 607 g/mol. The molecule has 11 heteroatoms. The first kappa shape index (κ1) is 29.8. The van der Waals surface area contributed by atoms with Crippen LogP contribution in [-0.2, 0) is 6.18 Å². The zero-order valence-electron chi connectivity index (χ0n) is 24.5. The van der Waals surface area contributed by atoms with E-state index in [1.54, 1.807) is 42.6 Å². The highest BCUT2D eigenvalue weighted by molar-refractivity contribution is 5.84. The van der Waals surface area contributed by atoms with E-state index in [1.807, 2.05) is 4.90 Å². The summed E-state index contributed by atoms with van der Waals surface area (Å²) >= 11 is 0. The molecule has 2 aliphatic rings. The van der Waals surface area contributed by atoms with E-state index in [-0.39, 0.29) is 33.9 Å². The van der Waals surface area contributed by atoms with Gasteiger partial charge in [0.05, 0.1) is 23.8 Å². The highest BCUT2D eigenvalue weighted by atomic mass is 19.4. The topological polar surface area (TPSA) is 59.3 Å². The lowest BCUT2D eigenvalue weighted by molar-refractivity contribution is -0.138. The van der Waals surface area contributed by atoms with Crippen LogP contribution in [0.25, 0.3) is 17.6 Å². The van der Waals surface area contributed by atoms with Crippen molar-refractivity contribution >= 4 is 17.6 Å². The number of hydrogen-bond acceptors (Lipinski definition) is 6. The molecular weight excluding hydrogens is 572 g/mol. The Morgan fingerprint density at radius 2 is 1.77 bits per heavy atom. The fourth-order valence-electron chi connectivity index (χ4n) is 6.40. The molecule has 4 aromatic rings. The van der Waals surface area contributed by atoms with Crippen molar-refractivity contribution in [2.45, 2.75) is 38.8 Å². The number of benzene rings is 2. The molecule has 2 fully saturated rings. The average Bonchev–Trinajstić information content (AvgIpc) is 3.53. The van der Waals surface area contributed by atoms with Crippen LogP contribution < -0.4 is 9.64 Å². The predicted molar refractivity (Wildman–Crippen MR) is 161 cm³/mol. The van der Waals surface area contributed by atoms with Crippen LogP contribution in [0.2, 0.25) is 0 Å². The Balaban J connectivity index is 1.43. The van der Waals surface area contributed by atoms with Gasteiger partial charge < -0.3 is 14.5 Å². The van der Waals surface area contributed by atoms with Gasteiger partial charge in [-0.15, -0.1) is 0 Å². The SMILES string of the molecule is CCN1CCC2(CCCN(c3c(/C=C(\F)c4ccn(-c5ccnnc5)n4)ccc(Oc4ccccc4)c3C(F)(F)F)C2)CC1. The summed E-state index contributed by atoms with van der Waals surface area (Å²) in [6, 6.07) is 14.3. The lowest BCUT2D eigenvalue weighted by atomic mass is 9.72. The molecule has 4 heterocycles. The molecule has 1 spiro atoms. The number of nitrogens with zero attached hydrogens (tertiary/aromatic N) is 6. The van der Waals surface area contributed by atoms with E-state index < -0.39 is 17.6 Å². The minimum atomic E-state index is -4.76. The maximum absolute atomic E-state index is 15.8. The summed E-state index contributed by atoms with van der Waals surface area (Å²) in [7, 11) is 0. The number of para-hydroxylation sites is 1. The van der Waals surface area contributed by atoms with Gasteiger partial charge in [-0.05, 0) is 93.2 Å². The standard InChI is InChI=1S/C33H34F4N6O/c1-2-41-19-14-32(15-20-41)13-6-17-42(23-32)31-24(21-27(34)28-12-18-43(40-28)25-11-16-38-39-22-25)9-10-29(30(31)33(35,36)37)44-26-7-4-3-5-8-26/h3-5,7-12,16,18,21-22H,2,6,13-15,17,19-20,23H2,1H3/b27-21-. The predicted octanol–water partition coefficient (Wildman–Crippen LogP) is 7.64. The van der Waals surface area contributed by atoms with Crippen molar-refractivity contribution < 1.29 is 22.3 Å². The van der Waals surface area contributed by atoms with Gasteiger partial charge in [0.15, 0.2) is 5.83 Å². The molecule has 0 atom stereocenters. The first-order valence-corrected chi connectivity index (χ1v) is 14.9. The Kier molecular flexibility index (Phi) is 8.40. The number of aromatic nitrogens is 4. The first-order valence-electron chi connectivity index (χ1n) is 14.9. The minimum Gasteiger partial charge on any atom is -0.457 e. The van der Waals surface area contributed by atoms with Gasteiger partial charge in [-0.25, -0.2) is 9.07 Å². The van der Waals surface area contributed by atoms with E-state index in [2.05, 4.69) is 27.1 Å². The van der Waals surface area contributed by atoms with Crippen LogP contribution in [-0.4, -0.2) is 57.6 Å². The van der Waals surface area contributed by atoms with Crippen molar-refractivity contribution in [2.75, 3.05) is 37.6 Å². The monoisotopic (exact) mass is 606 g/mol. The van der Waals surface area contributed by atoms with Crippen molar-refractivity contribution in [1.29, 1.82) is 0 Å². The summed E-state index contributed by atoms with van der Waals surface area (Å²) in [5.74, 6) is -0.775. The third-order valence-electron chi connectivity index (χ3n) is 8.72. The van der Waals surface area contributed by atoms with Crippen LogP contribution in [0.3, 0.4) is 0 Å². The number of halogens is 4. The Hall–Kier alpha value is -4.25. The van der Waals surface area contributed by atoms with Crippen molar-refractivity contribution in [3.05, 3.63) is 90.0 Å². The maximum Gasteiger partial charge on any atom is 0.422 e. The summed E-state index contributed by atoms with van der Waals surface area (Å²) in [4.78, 5) is 4.19. The normalized spacial score (nSPS) is 17.7. The molecule has 2 saturated heterocycles. The number of alkyl halides is 3. The lowest BCUT2D eigenvalue weighted by Gasteiger charge is -2.49. The molecule has 44 heavy (non-hydrogen) atoms. The van der Waals surface area contributed by atoms with Crippen LogP contribution in [0.5, 0.6) is 11.5 Å². The Morgan fingerprint density at radius 3 is 2.48 bits per heavy atom. The second kappa shape index (κ2) is 12.4. The Morgan fingerprint density at radius 1 is 0.977 bits per heavy atom. The van der Waals surface area contributed by atoms with Gasteiger partial charge in [-0.1, -0.05) is 25.1 Å². The molecule has 0 N–H and O–H groups in total. The Bertz CT molecular complexity index is 1600. The first-order chi connectivity index (χ1) is 21.2. The number of likely N-dealkylation sites (tertiary alicyclic amines) is 1. The van der Waals surface area contributed by atoms with E-state index in [0.717, 1.165) is 51.4 Å². The highest BCUT2D eigenvalue weighted by Crippen LogP contribution is 2.49. The Labute approximate surface area is 253 Å². The van der Waals surface area contributed by atoms with E-state index in [4.69, 9.17) is 4.74 Å². The van der Waals surface area contributed by atoms with Crippen LogP contribution in [0.15, 0.2) is 73.2 Å². The molecule has 7 nitrogen and oxygen atoms in total. The van der Waals surface area contributed by atoms with Crippen molar-refractivity contribution in [3.63, 3.8) is 0 Å². The third kappa shape index (κ3) is 6.33. The van der Waals surface area contributed by atoms with Gasteiger partial charge in [0.25, 0.3) is 0 Å². The highest BCUT2D eigenvalue weighted by Gasteiger charge is 2.44. The molecule has 2 aromatic carbocycles. The summed E-state index contributed by atoms with van der Waals surface area (Å²) in [6.45, 7) is 5.83. The van der Waals surface area contributed by atoms with Crippen molar-refractivity contribution in [2.24, 2.45) is 5.41 Å². The number of rotatable bonds is 7. The minimum absolute atomic E-state index is 0.00650. The summed E-state index contributed by atoms with van der Waals surface area (Å²) in [6.07, 6.45) is 4.47. The number of piperidine rings is 2. The number of anilines is 1. The number of hydrogen-bond donors (Lipinski definition) is 0. The zero-order chi connectivity index (χ0) is 30.7. The molecule has 230 valence electrons. The third-order valence-corrected chi connectivity index (χ3v) is 8.72. The van der Waals surface area contributed by atoms with Gasteiger partial charge in [-0.3, -0.25) is 0 Å². The van der Waals surface area contributed by atoms with Gasteiger partial charge in [0.1, 0.15) is 22.8 Å². The van der Waals surface area contributed by atoms with Gasteiger partial charge >= 0.3 is 6.18 Å². The van der Waals surface area contributed by atoms with E-state index >= 15 is 17.6 Å². The molecule has 0 radical (unpaired) electrons. The van der Waals surface area contributed by atoms with Gasteiger partial charge in [0, 0.05) is 24.8 Å². The molecule has 0 amide bonds. The van der Waals surface area contributed by atoms with Crippen LogP contribution in [0, 0.1) is 5.41 Å². The van der Waals surface area contributed by atoms with Crippen LogP contribution >= 0.6 is 0 Å². The molecule has 0 bridgehead atoms. The van der Waals surface area contributed by atoms with E-state index in [0.29, 0.717) is 18.8 Å². The van der Waals surface area contributed by atoms with Crippen LogP contribution in [0.4, 0.5) is 23.2 Å². The second-order valence-corrected chi connectivity index (χ2v) is 11.5. The van der Waals surface area contributed by atoms with Crippen LogP contribution in [0.1, 0.15) is 49.4 Å². The van der Waals surface area contributed by atoms with Crippen molar-refractivity contribution in [3.8, 4) is 17.2 Å². The van der Waals surface area contributed by atoms with Gasteiger partial charge in [0.2, 0.25) is 0 Å². The van der Waals surface area contributed by atoms with E-state index in [1.165, 1.54) is 35.3 Å². The molecule has 0 aliphatic carbocycles. The molecule has 0 unspecified atom stereocenters. The second-order valence-electron chi connectivity index (χ2n) is 11.5. The number of ether oxygens (including phenoxy) is 1. The summed E-state index contributed by atoms with van der Waals surface area (Å²) < 4.78 is 68.3. The fraction of sp³-hybridized carbons (Fsp3) is 0.364. The molecule has 2 aliphatic heterocycles. The summed E-state index contributed by atoms with van der Waals surface area (Å²) in [5, 5.41) is 11.8. The maximum atomic E-state index is 15.8. The zero-order valence-corrected chi connectivity index (χ0v) is 24.5. The molecule has 0 saturated carbocycles. The summed E-state index contributed by atoms with van der Waals surface area (Å²) in [5.41, 5.74) is -0.365. The fourth-order valence-corrected chi connectivity index (χ4v) is 6.40. The van der Waals surface area contributed by atoms with Gasteiger partial charge in [-0.2, -0.15) is 28.5 Å². The largest absolute Gasteiger partial charge is 0.457 e. The molecule has 2 aromatic heterocycles.